The predicted octanol–water partition coefficient (Wildman–Crippen LogP) is 3.79. The van der Waals surface area contributed by atoms with E-state index >= 15 is 0 Å². The van der Waals surface area contributed by atoms with Crippen LogP contribution in [0, 0.1) is 12.7 Å². The number of aliphatic imine (C=N–C) groups is 1. The average molecular weight is 498 g/mol. The van der Waals surface area contributed by atoms with Crippen molar-refractivity contribution in [3.8, 4) is 5.75 Å². The second kappa shape index (κ2) is 10.5. The molecule has 0 saturated carbocycles. The molecule has 1 fully saturated rings. The Morgan fingerprint density at radius 1 is 1.25 bits per heavy atom. The fourth-order valence-electron chi connectivity index (χ4n) is 3.20. The summed E-state index contributed by atoms with van der Waals surface area (Å²) in [5.74, 6) is -0.234. The third kappa shape index (κ3) is 5.98. The summed E-state index contributed by atoms with van der Waals surface area (Å²) in [6.07, 6.45) is 1.03. The molecule has 1 saturated heterocycles. The number of aryl methyl sites for hydroxylation is 1. The van der Waals surface area contributed by atoms with Gasteiger partial charge in [-0.15, -0.1) is 24.0 Å². The quantitative estimate of drug-likeness (QED) is 0.334. The molecule has 0 amide bonds. The van der Waals surface area contributed by atoms with Crippen LogP contribution in [-0.4, -0.2) is 36.7 Å². The number of hydrogen-bond donors (Lipinski definition) is 3. The lowest BCUT2D eigenvalue weighted by Crippen LogP contribution is -2.44. The molecular weight excluding hydrogens is 470 g/mol. The third-order valence-corrected chi connectivity index (χ3v) is 4.70. The molecule has 1 aliphatic rings. The lowest BCUT2D eigenvalue weighted by atomic mass is 10.2. The summed E-state index contributed by atoms with van der Waals surface area (Å²) < 4.78 is 13.5. The van der Waals surface area contributed by atoms with Gasteiger partial charge in [-0.3, -0.25) is 0 Å². The predicted molar refractivity (Wildman–Crippen MR) is 123 cm³/mol. The molecular formula is C21H28FIN4O. The topological polar surface area (TPSA) is 59.9 Å². The van der Waals surface area contributed by atoms with Crippen molar-refractivity contribution in [1.82, 2.24) is 10.6 Å². The van der Waals surface area contributed by atoms with E-state index in [1.807, 2.05) is 6.92 Å². The van der Waals surface area contributed by atoms with Crippen LogP contribution in [0.1, 0.15) is 24.5 Å². The fourth-order valence-corrected chi connectivity index (χ4v) is 3.20. The Morgan fingerprint density at radius 2 is 2.00 bits per heavy atom. The molecule has 7 heteroatoms. The monoisotopic (exact) mass is 498 g/mol. The fraction of sp³-hybridized carbons (Fsp3) is 0.381. The third-order valence-electron chi connectivity index (χ3n) is 4.70. The summed E-state index contributed by atoms with van der Waals surface area (Å²) in [7, 11) is 0. The second-order valence-electron chi connectivity index (χ2n) is 6.89. The van der Waals surface area contributed by atoms with Crippen LogP contribution in [0.15, 0.2) is 47.5 Å². The average Bonchev–Trinajstić information content (AvgIpc) is 3.12. The Bertz CT molecular complexity index is 797. The molecule has 0 aliphatic carbocycles. The molecule has 3 N–H and O–H groups in total. The first kappa shape index (κ1) is 22.3. The van der Waals surface area contributed by atoms with Crippen molar-refractivity contribution in [3.63, 3.8) is 0 Å². The lowest BCUT2D eigenvalue weighted by molar-refractivity contribution is 0.432. The first-order chi connectivity index (χ1) is 13.0. The number of nitrogens with zero attached hydrogens (tertiary/aromatic N) is 2. The molecule has 1 unspecified atom stereocenters. The van der Waals surface area contributed by atoms with Gasteiger partial charge >= 0.3 is 0 Å². The Balaban J connectivity index is 0.00000280. The summed E-state index contributed by atoms with van der Waals surface area (Å²) in [5, 5.41) is 16.0. The molecule has 1 aliphatic heterocycles. The van der Waals surface area contributed by atoms with Gasteiger partial charge in [-0.05, 0) is 50.1 Å². The first-order valence-corrected chi connectivity index (χ1v) is 9.39. The molecule has 0 radical (unpaired) electrons. The molecule has 1 heterocycles. The number of aromatic hydroxyl groups is 1. The van der Waals surface area contributed by atoms with Crippen molar-refractivity contribution >= 4 is 35.6 Å². The van der Waals surface area contributed by atoms with E-state index in [0.29, 0.717) is 12.6 Å². The summed E-state index contributed by atoms with van der Waals surface area (Å²) in [6, 6.07) is 13.3. The Labute approximate surface area is 183 Å². The van der Waals surface area contributed by atoms with Crippen molar-refractivity contribution in [2.75, 3.05) is 24.5 Å². The number of rotatable bonds is 5. The highest BCUT2D eigenvalue weighted by Crippen LogP contribution is 2.21. The number of nitrogens with one attached hydrogen (secondary N) is 2. The molecule has 152 valence electrons. The minimum Gasteiger partial charge on any atom is -0.505 e. The second-order valence-corrected chi connectivity index (χ2v) is 6.89. The van der Waals surface area contributed by atoms with Crippen LogP contribution in [-0.2, 0) is 6.54 Å². The number of phenols is 1. The molecule has 3 rings (SSSR count). The zero-order chi connectivity index (χ0) is 19.2. The lowest BCUT2D eigenvalue weighted by Gasteiger charge is -2.20. The van der Waals surface area contributed by atoms with E-state index in [1.165, 1.54) is 23.4 Å². The van der Waals surface area contributed by atoms with Gasteiger partial charge in [-0.1, -0.05) is 23.8 Å². The summed E-state index contributed by atoms with van der Waals surface area (Å²) in [5.41, 5.74) is 3.22. The SMILES string of the molecule is CCNC(=NCc1ccc(O)c(F)c1)NC1CCN(c2ccc(C)cc2)C1.I. The molecule has 1 atom stereocenters. The van der Waals surface area contributed by atoms with Crippen LogP contribution in [0.5, 0.6) is 5.75 Å². The van der Waals surface area contributed by atoms with Crippen LogP contribution in [0.3, 0.4) is 0 Å². The van der Waals surface area contributed by atoms with E-state index < -0.39 is 5.82 Å². The van der Waals surface area contributed by atoms with Crippen LogP contribution < -0.4 is 15.5 Å². The van der Waals surface area contributed by atoms with Gasteiger partial charge in [-0.25, -0.2) is 9.38 Å². The van der Waals surface area contributed by atoms with Crippen molar-refractivity contribution in [3.05, 3.63) is 59.4 Å². The van der Waals surface area contributed by atoms with Crippen LogP contribution in [0.2, 0.25) is 0 Å². The highest BCUT2D eigenvalue weighted by atomic mass is 127. The summed E-state index contributed by atoms with van der Waals surface area (Å²) in [6.45, 7) is 7.14. The van der Waals surface area contributed by atoms with Gasteiger partial charge in [0.05, 0.1) is 6.54 Å². The molecule has 2 aromatic rings. The largest absolute Gasteiger partial charge is 0.505 e. The van der Waals surface area contributed by atoms with Crippen molar-refractivity contribution in [2.45, 2.75) is 32.9 Å². The highest BCUT2D eigenvalue weighted by molar-refractivity contribution is 14.0. The van der Waals surface area contributed by atoms with E-state index in [2.05, 4.69) is 51.7 Å². The number of halogens is 2. The Morgan fingerprint density at radius 3 is 2.68 bits per heavy atom. The van der Waals surface area contributed by atoms with E-state index in [1.54, 1.807) is 6.07 Å². The normalized spacial score (nSPS) is 16.6. The van der Waals surface area contributed by atoms with Gasteiger partial charge in [-0.2, -0.15) is 0 Å². The number of benzene rings is 2. The minimum atomic E-state index is -0.620. The van der Waals surface area contributed by atoms with Crippen molar-refractivity contribution in [2.24, 2.45) is 4.99 Å². The highest BCUT2D eigenvalue weighted by Gasteiger charge is 2.23. The zero-order valence-corrected chi connectivity index (χ0v) is 18.6. The summed E-state index contributed by atoms with van der Waals surface area (Å²) in [4.78, 5) is 6.93. The Kier molecular flexibility index (Phi) is 8.35. The standard InChI is InChI=1S/C21H27FN4O.HI/c1-3-23-21(24-13-16-6-9-20(27)19(22)12-16)25-17-10-11-26(14-17)18-7-4-15(2)5-8-18;/h4-9,12,17,27H,3,10-11,13-14H2,1-2H3,(H2,23,24,25);1H. The molecule has 2 aromatic carbocycles. The molecule has 0 spiro atoms. The van der Waals surface area contributed by atoms with E-state index in [-0.39, 0.29) is 29.7 Å². The molecule has 0 aromatic heterocycles. The van der Waals surface area contributed by atoms with E-state index in [0.717, 1.165) is 37.6 Å². The summed E-state index contributed by atoms with van der Waals surface area (Å²) >= 11 is 0. The van der Waals surface area contributed by atoms with Crippen molar-refractivity contribution in [1.29, 1.82) is 0 Å². The number of anilines is 1. The van der Waals surface area contributed by atoms with Gasteiger partial charge < -0.3 is 20.6 Å². The van der Waals surface area contributed by atoms with E-state index in [4.69, 9.17) is 0 Å². The minimum absolute atomic E-state index is 0. The number of hydrogen-bond acceptors (Lipinski definition) is 3. The number of phenolic OH excluding ortho intramolecular Hbond substituents is 1. The maximum Gasteiger partial charge on any atom is 0.191 e. The van der Waals surface area contributed by atoms with Gasteiger partial charge in [0.2, 0.25) is 0 Å². The van der Waals surface area contributed by atoms with Crippen molar-refractivity contribution < 1.29 is 9.50 Å². The van der Waals surface area contributed by atoms with Crippen LogP contribution >= 0.6 is 24.0 Å². The maximum absolute atomic E-state index is 13.5. The Hall–Kier alpha value is -2.03. The first-order valence-electron chi connectivity index (χ1n) is 9.39. The van der Waals surface area contributed by atoms with Crippen LogP contribution in [0.4, 0.5) is 10.1 Å². The van der Waals surface area contributed by atoms with Crippen LogP contribution in [0.25, 0.3) is 0 Å². The smallest absolute Gasteiger partial charge is 0.191 e. The maximum atomic E-state index is 13.5. The van der Waals surface area contributed by atoms with Gasteiger partial charge in [0.1, 0.15) is 0 Å². The zero-order valence-electron chi connectivity index (χ0n) is 16.3. The molecule has 5 nitrogen and oxygen atoms in total. The van der Waals surface area contributed by atoms with E-state index in [9.17, 15) is 9.50 Å². The van der Waals surface area contributed by atoms with Gasteiger partial charge in [0, 0.05) is 31.4 Å². The molecule has 0 bridgehead atoms. The van der Waals surface area contributed by atoms with Gasteiger partial charge in [0.15, 0.2) is 17.5 Å². The molecule has 28 heavy (non-hydrogen) atoms. The van der Waals surface area contributed by atoms with Gasteiger partial charge in [0.25, 0.3) is 0 Å². The number of guanidine groups is 1.